The van der Waals surface area contributed by atoms with E-state index in [9.17, 15) is 9.18 Å². The number of rotatable bonds is 10. The van der Waals surface area contributed by atoms with Gasteiger partial charge in [-0.15, -0.1) is 0 Å². The average Bonchev–Trinajstić information content (AvgIpc) is 3.37. The predicted molar refractivity (Wildman–Crippen MR) is 146 cm³/mol. The number of aromatic nitrogens is 2. The monoisotopic (exact) mass is 554 g/mol. The zero-order valence-electron chi connectivity index (χ0n) is 22.3. The number of H-pyrrole nitrogens is 1. The molecule has 0 bridgehead atoms. The molecule has 12 heteroatoms. The second-order valence-electron chi connectivity index (χ2n) is 9.23. The van der Waals surface area contributed by atoms with E-state index in [0.717, 1.165) is 36.3 Å². The Balaban J connectivity index is 1.63. The summed E-state index contributed by atoms with van der Waals surface area (Å²) in [7, 11) is 4.35. The minimum Gasteiger partial charge on any atom is -0.493 e. The largest absolute Gasteiger partial charge is 0.493 e. The lowest BCUT2D eigenvalue weighted by molar-refractivity contribution is 0.251. The molecule has 3 heterocycles. The molecule has 3 N–H and O–H groups in total. The van der Waals surface area contributed by atoms with Crippen molar-refractivity contribution in [3.63, 3.8) is 0 Å². The van der Waals surface area contributed by atoms with E-state index in [1.807, 2.05) is 13.1 Å². The molecular weight excluding hydrogens is 525 g/mol. The molecule has 0 saturated heterocycles. The molecule has 0 spiro atoms. The van der Waals surface area contributed by atoms with Gasteiger partial charge in [0.25, 0.3) is 0 Å². The van der Waals surface area contributed by atoms with Gasteiger partial charge in [-0.3, -0.25) is 9.80 Å². The fraction of sp³-hybridized carbons (Fsp3) is 0.286. The van der Waals surface area contributed by atoms with Gasteiger partial charge in [0.1, 0.15) is 17.2 Å². The number of ether oxygens (including phenoxy) is 2. The van der Waals surface area contributed by atoms with Gasteiger partial charge in [0.15, 0.2) is 23.1 Å². The first kappa shape index (κ1) is 27.3. The lowest BCUT2D eigenvalue weighted by atomic mass is 10.1. The molecule has 40 heavy (non-hydrogen) atoms. The lowest BCUT2D eigenvalue weighted by Gasteiger charge is -2.37. The van der Waals surface area contributed by atoms with Gasteiger partial charge in [0, 0.05) is 55.0 Å². The van der Waals surface area contributed by atoms with Gasteiger partial charge in [-0.2, -0.15) is 0 Å². The third-order valence-electron chi connectivity index (χ3n) is 6.76. The van der Waals surface area contributed by atoms with Gasteiger partial charge >= 0.3 is 6.03 Å². The number of amides is 2. The van der Waals surface area contributed by atoms with Crippen LogP contribution < -0.4 is 29.9 Å². The fourth-order valence-electron chi connectivity index (χ4n) is 4.80. The third kappa shape index (κ3) is 4.91. The summed E-state index contributed by atoms with van der Waals surface area (Å²) in [5.41, 5.74) is 2.18. The van der Waals surface area contributed by atoms with Crippen molar-refractivity contribution in [1.29, 1.82) is 0 Å². The van der Waals surface area contributed by atoms with E-state index in [-0.39, 0.29) is 18.0 Å². The van der Waals surface area contributed by atoms with Crippen molar-refractivity contribution in [2.75, 3.05) is 50.7 Å². The van der Waals surface area contributed by atoms with E-state index >= 15 is 8.78 Å². The normalized spacial score (nSPS) is 13.2. The maximum Gasteiger partial charge on any atom is 0.334 e. The zero-order valence-corrected chi connectivity index (χ0v) is 22.3. The number of likely N-dealkylation sites (N-methyl/N-ethyl adjacent to an activating group) is 1. The number of anilines is 3. The first-order valence-corrected chi connectivity index (χ1v) is 12.7. The van der Waals surface area contributed by atoms with E-state index in [4.69, 9.17) is 9.47 Å². The van der Waals surface area contributed by atoms with Crippen LogP contribution in [-0.4, -0.2) is 56.9 Å². The molecule has 0 fully saturated rings. The van der Waals surface area contributed by atoms with Gasteiger partial charge in [0.05, 0.1) is 32.1 Å². The maximum atomic E-state index is 15.5. The number of carbonyl (C=O) groups is 1. The number of urea groups is 1. The standard InChI is InChI=1S/C28H29F3N6O3/c1-32-10-11-33-9-8-18-12-20-25-16(14-34-27(20)35-18)15-36(28(38)37(25)19-6-4-17(29)5-7-19)26-23(30)21(39-2)13-22(40-3)24(26)31/h4-7,12-14,32-33H,8-11,15H2,1-3H3,(H,34,35). The molecule has 0 atom stereocenters. The molecule has 5 rings (SSSR count). The Bertz CT molecular complexity index is 1510. The second kappa shape index (κ2) is 11.4. The Labute approximate surface area is 228 Å². The number of nitrogens with one attached hydrogen (secondary N) is 3. The molecule has 2 aromatic carbocycles. The van der Waals surface area contributed by atoms with Gasteiger partial charge in [0.2, 0.25) is 0 Å². The lowest BCUT2D eigenvalue weighted by Crippen LogP contribution is -2.46. The number of nitrogens with zero attached hydrogens (tertiary/aromatic N) is 3. The van der Waals surface area contributed by atoms with Crippen LogP contribution in [0.25, 0.3) is 11.0 Å². The molecular formula is C28H29F3N6O3. The number of hydrogen-bond acceptors (Lipinski definition) is 6. The summed E-state index contributed by atoms with van der Waals surface area (Å²) < 4.78 is 55.0. The van der Waals surface area contributed by atoms with Gasteiger partial charge in [-0.1, -0.05) is 0 Å². The number of aromatic amines is 1. The Kier molecular flexibility index (Phi) is 7.81. The smallest absolute Gasteiger partial charge is 0.334 e. The van der Waals surface area contributed by atoms with Crippen molar-refractivity contribution < 1.29 is 27.4 Å². The highest BCUT2D eigenvalue weighted by Crippen LogP contribution is 2.44. The number of methoxy groups -OCH3 is 2. The van der Waals surface area contributed by atoms with Crippen molar-refractivity contribution in [3.8, 4) is 11.5 Å². The summed E-state index contributed by atoms with van der Waals surface area (Å²) in [4.78, 5) is 24.2. The van der Waals surface area contributed by atoms with Crippen LogP contribution in [0.4, 0.5) is 35.0 Å². The minimum atomic E-state index is -1.06. The highest BCUT2D eigenvalue weighted by atomic mass is 19.1. The first-order valence-electron chi connectivity index (χ1n) is 12.7. The van der Waals surface area contributed by atoms with Crippen molar-refractivity contribution in [1.82, 2.24) is 20.6 Å². The van der Waals surface area contributed by atoms with Crippen molar-refractivity contribution in [2.45, 2.75) is 13.0 Å². The molecule has 210 valence electrons. The Hall–Kier alpha value is -4.29. The predicted octanol–water partition coefficient (Wildman–Crippen LogP) is 4.63. The van der Waals surface area contributed by atoms with Crippen LogP contribution in [0.15, 0.2) is 42.6 Å². The van der Waals surface area contributed by atoms with Gasteiger partial charge in [-0.05, 0) is 37.4 Å². The molecule has 4 aromatic rings. The van der Waals surface area contributed by atoms with Crippen molar-refractivity contribution in [2.24, 2.45) is 0 Å². The molecule has 2 aromatic heterocycles. The number of fused-ring (bicyclic) bond motifs is 3. The Morgan fingerprint density at radius 2 is 1.68 bits per heavy atom. The second-order valence-corrected chi connectivity index (χ2v) is 9.23. The number of carbonyl (C=O) groups excluding carboxylic acids is 1. The van der Waals surface area contributed by atoms with Crippen LogP contribution in [0.3, 0.4) is 0 Å². The van der Waals surface area contributed by atoms with E-state index < -0.39 is 29.2 Å². The van der Waals surface area contributed by atoms with Gasteiger partial charge in [-0.25, -0.2) is 22.9 Å². The number of hydrogen-bond donors (Lipinski definition) is 3. The highest BCUT2D eigenvalue weighted by Gasteiger charge is 2.38. The van der Waals surface area contributed by atoms with Crippen LogP contribution in [-0.2, 0) is 13.0 Å². The molecule has 0 unspecified atom stereocenters. The van der Waals surface area contributed by atoms with Crippen LogP contribution in [0.5, 0.6) is 11.5 Å². The molecule has 0 saturated carbocycles. The number of benzene rings is 2. The van der Waals surface area contributed by atoms with E-state index in [2.05, 4.69) is 20.6 Å². The maximum absolute atomic E-state index is 15.5. The van der Waals surface area contributed by atoms with E-state index in [1.54, 1.807) is 6.20 Å². The highest BCUT2D eigenvalue weighted by molar-refractivity contribution is 6.15. The number of pyridine rings is 1. The SMILES string of the molecule is CNCCNCCc1cc2c3c(cnc2[nH]1)CN(c1c(F)c(OC)cc(OC)c1F)C(=O)N3c1ccc(F)cc1. The van der Waals surface area contributed by atoms with Crippen LogP contribution in [0, 0.1) is 17.5 Å². The molecule has 9 nitrogen and oxygen atoms in total. The quantitative estimate of drug-likeness (QED) is 0.248. The van der Waals surface area contributed by atoms with Crippen molar-refractivity contribution >= 4 is 34.1 Å². The summed E-state index contributed by atoms with van der Waals surface area (Å²) in [6.45, 7) is 2.20. The van der Waals surface area contributed by atoms with E-state index in [1.165, 1.54) is 43.4 Å². The molecule has 0 aliphatic carbocycles. The minimum absolute atomic E-state index is 0.176. The summed E-state index contributed by atoms with van der Waals surface area (Å²) in [5.74, 6) is -3.17. The third-order valence-corrected chi connectivity index (χ3v) is 6.76. The topological polar surface area (TPSA) is 94.8 Å². The molecule has 1 aliphatic heterocycles. The summed E-state index contributed by atoms with van der Waals surface area (Å²) in [6, 6.07) is 7.56. The number of halogens is 3. The van der Waals surface area contributed by atoms with Gasteiger partial charge < -0.3 is 25.1 Å². The molecule has 2 amide bonds. The summed E-state index contributed by atoms with van der Waals surface area (Å²) >= 11 is 0. The fourth-order valence-corrected chi connectivity index (χ4v) is 4.80. The van der Waals surface area contributed by atoms with Crippen LogP contribution in [0.2, 0.25) is 0 Å². The van der Waals surface area contributed by atoms with E-state index in [0.29, 0.717) is 34.4 Å². The molecule has 1 aliphatic rings. The summed E-state index contributed by atoms with van der Waals surface area (Å²) in [5, 5.41) is 7.08. The average molecular weight is 555 g/mol. The first-order chi connectivity index (χ1) is 19.4. The Morgan fingerprint density at radius 3 is 2.33 bits per heavy atom. The van der Waals surface area contributed by atoms with Crippen molar-refractivity contribution in [3.05, 3.63) is 71.3 Å². The summed E-state index contributed by atoms with van der Waals surface area (Å²) in [6.07, 6.45) is 2.25. The Morgan fingerprint density at radius 1 is 0.975 bits per heavy atom. The zero-order chi connectivity index (χ0) is 28.4. The van der Waals surface area contributed by atoms with Crippen LogP contribution >= 0.6 is 0 Å². The van der Waals surface area contributed by atoms with Crippen LogP contribution in [0.1, 0.15) is 11.3 Å². The molecule has 0 radical (unpaired) electrons.